The summed E-state index contributed by atoms with van der Waals surface area (Å²) >= 11 is 0. The van der Waals surface area contributed by atoms with Crippen LogP contribution in [0.4, 0.5) is 13.2 Å². The molecule has 1 rings (SSSR count). The molecule has 0 bridgehead atoms. The number of hydrogen-bond acceptors (Lipinski definition) is 3. The monoisotopic (exact) mass is 333 g/mol. The van der Waals surface area contributed by atoms with E-state index in [0.29, 0.717) is 25.2 Å². The number of carbonyl (C=O) groups excluding carboxylic acids is 1. The van der Waals surface area contributed by atoms with Crippen molar-refractivity contribution < 1.29 is 18.0 Å². The van der Waals surface area contributed by atoms with Gasteiger partial charge in [-0.15, -0.1) is 0 Å². The molecule has 0 aliphatic rings. The molecule has 1 atom stereocenters. The predicted octanol–water partition coefficient (Wildman–Crippen LogP) is 1.71. The molecular formula is C15H22F3N3O2. The second kappa shape index (κ2) is 8.14. The van der Waals surface area contributed by atoms with Crippen molar-refractivity contribution in [2.45, 2.75) is 39.0 Å². The number of pyridine rings is 1. The van der Waals surface area contributed by atoms with Crippen LogP contribution in [0.2, 0.25) is 0 Å². The van der Waals surface area contributed by atoms with E-state index in [9.17, 15) is 22.8 Å². The average Bonchev–Trinajstić information content (AvgIpc) is 2.47. The van der Waals surface area contributed by atoms with Crippen LogP contribution in [-0.4, -0.2) is 41.6 Å². The number of nitrogens with one attached hydrogen (secondary N) is 1. The molecule has 1 heterocycles. The number of aromatic nitrogens is 1. The van der Waals surface area contributed by atoms with E-state index < -0.39 is 29.8 Å². The number of amides is 1. The third-order valence-electron chi connectivity index (χ3n) is 3.77. The molecule has 0 radical (unpaired) electrons. The maximum absolute atomic E-state index is 12.6. The first-order valence-corrected chi connectivity index (χ1v) is 7.40. The van der Waals surface area contributed by atoms with Gasteiger partial charge in [-0.2, -0.15) is 13.2 Å². The minimum atomic E-state index is -4.73. The fraction of sp³-hybridized carbons (Fsp3) is 0.600. The minimum absolute atomic E-state index is 0.368. The molecule has 1 aromatic heterocycles. The van der Waals surface area contributed by atoms with Gasteiger partial charge < -0.3 is 14.8 Å². The van der Waals surface area contributed by atoms with Crippen LogP contribution in [0.25, 0.3) is 0 Å². The third kappa shape index (κ3) is 5.70. The summed E-state index contributed by atoms with van der Waals surface area (Å²) in [5.41, 5.74) is -2.49. The Morgan fingerprint density at radius 2 is 2.09 bits per heavy atom. The van der Waals surface area contributed by atoms with Crippen molar-refractivity contribution in [2.24, 2.45) is 0 Å². The van der Waals surface area contributed by atoms with Gasteiger partial charge in [-0.05, 0) is 32.5 Å². The second-order valence-electron chi connectivity index (χ2n) is 5.44. The lowest BCUT2D eigenvalue weighted by molar-refractivity contribution is -0.139. The van der Waals surface area contributed by atoms with E-state index >= 15 is 0 Å². The zero-order chi connectivity index (χ0) is 17.6. The van der Waals surface area contributed by atoms with E-state index in [1.165, 1.54) is 6.20 Å². The molecule has 1 aromatic rings. The molecule has 0 unspecified atom stereocenters. The van der Waals surface area contributed by atoms with Gasteiger partial charge >= 0.3 is 6.18 Å². The van der Waals surface area contributed by atoms with Crippen molar-refractivity contribution in [3.63, 3.8) is 0 Å². The summed E-state index contributed by atoms with van der Waals surface area (Å²) in [5.74, 6) is -0.496. The number of likely N-dealkylation sites (N-methyl/N-ethyl adjacent to an activating group) is 1. The first-order chi connectivity index (χ1) is 10.7. The van der Waals surface area contributed by atoms with Gasteiger partial charge in [0.25, 0.3) is 5.56 Å². The Labute approximate surface area is 133 Å². The van der Waals surface area contributed by atoms with E-state index in [1.807, 2.05) is 7.05 Å². The Morgan fingerprint density at radius 3 is 2.65 bits per heavy atom. The number of halogens is 3. The number of nitrogens with zero attached hydrogens (tertiary/aromatic N) is 2. The van der Waals surface area contributed by atoms with Crippen molar-refractivity contribution >= 4 is 5.91 Å². The van der Waals surface area contributed by atoms with Gasteiger partial charge in [-0.1, -0.05) is 6.92 Å². The quantitative estimate of drug-likeness (QED) is 0.827. The third-order valence-corrected chi connectivity index (χ3v) is 3.77. The topological polar surface area (TPSA) is 54.3 Å². The van der Waals surface area contributed by atoms with Gasteiger partial charge in [0.1, 0.15) is 12.1 Å². The fourth-order valence-corrected chi connectivity index (χ4v) is 1.99. The van der Waals surface area contributed by atoms with E-state index in [2.05, 4.69) is 24.1 Å². The van der Waals surface area contributed by atoms with Gasteiger partial charge in [0.05, 0.1) is 0 Å². The molecule has 130 valence electrons. The highest BCUT2D eigenvalue weighted by atomic mass is 19.4. The van der Waals surface area contributed by atoms with Gasteiger partial charge in [-0.3, -0.25) is 9.59 Å². The van der Waals surface area contributed by atoms with Crippen LogP contribution in [0, 0.1) is 0 Å². The summed E-state index contributed by atoms with van der Waals surface area (Å²) in [6, 6.07) is 2.18. The lowest BCUT2D eigenvalue weighted by Gasteiger charge is -2.23. The molecule has 5 nitrogen and oxygen atoms in total. The molecule has 0 spiro atoms. The standard InChI is InChI=1S/C15H22F3N3O2/c1-4-11(2)20(3)9-7-19-13(22)10-21-8-5-6-12(14(21)23)15(16,17)18/h5-6,8,11H,4,7,9-10H2,1-3H3,(H,19,22)/t11-/m0/s1. The van der Waals surface area contributed by atoms with E-state index in [4.69, 9.17) is 0 Å². The van der Waals surface area contributed by atoms with Crippen molar-refractivity contribution in [1.29, 1.82) is 0 Å². The molecular weight excluding hydrogens is 311 g/mol. The Balaban J connectivity index is 2.61. The first kappa shape index (κ1) is 19.2. The Hall–Kier alpha value is -1.83. The maximum atomic E-state index is 12.6. The number of carbonyl (C=O) groups is 1. The predicted molar refractivity (Wildman–Crippen MR) is 81.1 cm³/mol. The van der Waals surface area contributed by atoms with Crippen LogP contribution in [0.3, 0.4) is 0 Å². The van der Waals surface area contributed by atoms with Crippen LogP contribution >= 0.6 is 0 Å². The molecule has 0 aliphatic carbocycles. The summed E-state index contributed by atoms with van der Waals surface area (Å²) in [5, 5.41) is 2.60. The van der Waals surface area contributed by atoms with E-state index in [0.717, 1.165) is 17.1 Å². The summed E-state index contributed by atoms with van der Waals surface area (Å²) in [6.07, 6.45) is -2.58. The number of alkyl halides is 3. The lowest BCUT2D eigenvalue weighted by Crippen LogP contribution is -2.39. The SMILES string of the molecule is CC[C@H](C)N(C)CCNC(=O)Cn1cccc(C(F)(F)F)c1=O. The van der Waals surface area contributed by atoms with Gasteiger partial charge in [0, 0.05) is 25.3 Å². The molecule has 23 heavy (non-hydrogen) atoms. The number of rotatable bonds is 7. The first-order valence-electron chi connectivity index (χ1n) is 7.40. The zero-order valence-corrected chi connectivity index (χ0v) is 13.5. The largest absolute Gasteiger partial charge is 0.421 e. The summed E-state index contributed by atoms with van der Waals surface area (Å²) < 4.78 is 38.7. The molecule has 0 saturated carbocycles. The second-order valence-corrected chi connectivity index (χ2v) is 5.44. The van der Waals surface area contributed by atoms with Crippen molar-refractivity contribution in [2.75, 3.05) is 20.1 Å². The fourth-order valence-electron chi connectivity index (χ4n) is 1.99. The minimum Gasteiger partial charge on any atom is -0.353 e. The Morgan fingerprint density at radius 1 is 1.43 bits per heavy atom. The highest BCUT2D eigenvalue weighted by Gasteiger charge is 2.34. The Bertz CT molecular complexity index is 584. The molecule has 8 heteroatoms. The molecule has 0 saturated heterocycles. The average molecular weight is 333 g/mol. The Kier molecular flexibility index (Phi) is 6.80. The molecule has 1 N–H and O–H groups in total. The molecule has 0 fully saturated rings. The summed E-state index contributed by atoms with van der Waals surface area (Å²) in [6.45, 7) is 4.67. The molecule has 0 aromatic carbocycles. The smallest absolute Gasteiger partial charge is 0.353 e. The van der Waals surface area contributed by atoms with E-state index in [-0.39, 0.29) is 0 Å². The van der Waals surface area contributed by atoms with Crippen LogP contribution in [-0.2, 0) is 17.5 Å². The van der Waals surface area contributed by atoms with E-state index in [1.54, 1.807) is 0 Å². The van der Waals surface area contributed by atoms with Gasteiger partial charge in [0.15, 0.2) is 0 Å². The van der Waals surface area contributed by atoms with Crippen LogP contribution in [0.5, 0.6) is 0 Å². The highest BCUT2D eigenvalue weighted by Crippen LogP contribution is 2.25. The zero-order valence-electron chi connectivity index (χ0n) is 13.5. The maximum Gasteiger partial charge on any atom is 0.421 e. The highest BCUT2D eigenvalue weighted by molar-refractivity contribution is 5.75. The summed E-state index contributed by atoms with van der Waals surface area (Å²) in [7, 11) is 1.93. The van der Waals surface area contributed by atoms with Crippen molar-refractivity contribution in [3.05, 3.63) is 34.2 Å². The molecule has 0 aliphatic heterocycles. The van der Waals surface area contributed by atoms with Crippen LogP contribution in [0.1, 0.15) is 25.8 Å². The lowest BCUT2D eigenvalue weighted by atomic mass is 10.2. The van der Waals surface area contributed by atoms with Crippen molar-refractivity contribution in [3.8, 4) is 0 Å². The van der Waals surface area contributed by atoms with Gasteiger partial charge in [-0.25, -0.2) is 0 Å². The normalized spacial score (nSPS) is 13.2. The van der Waals surface area contributed by atoms with Crippen LogP contribution in [0.15, 0.2) is 23.1 Å². The van der Waals surface area contributed by atoms with Crippen LogP contribution < -0.4 is 10.9 Å². The number of hydrogen-bond donors (Lipinski definition) is 1. The van der Waals surface area contributed by atoms with Crippen molar-refractivity contribution in [1.82, 2.24) is 14.8 Å². The van der Waals surface area contributed by atoms with Gasteiger partial charge in [0.2, 0.25) is 5.91 Å². The summed E-state index contributed by atoms with van der Waals surface area (Å²) in [4.78, 5) is 25.6. The molecule has 1 amide bonds.